The van der Waals surface area contributed by atoms with Crippen molar-refractivity contribution < 1.29 is 22.7 Å². The fourth-order valence-corrected chi connectivity index (χ4v) is 5.03. The predicted octanol–water partition coefficient (Wildman–Crippen LogP) is 5.76. The highest BCUT2D eigenvalue weighted by atomic mass is 35.5. The van der Waals surface area contributed by atoms with E-state index < -0.39 is 10.9 Å². The maximum Gasteiger partial charge on any atom is 0.243 e. The van der Waals surface area contributed by atoms with Crippen LogP contribution in [0.2, 0.25) is 5.02 Å². The molecule has 5 rings (SSSR count). The van der Waals surface area contributed by atoms with Gasteiger partial charge in [-0.25, -0.2) is 22.7 Å². The number of nitrogens with zero attached hydrogens (tertiary/aromatic N) is 3. The third-order valence-electron chi connectivity index (χ3n) is 6.18. The molecule has 0 radical (unpaired) electrons. The lowest BCUT2D eigenvalue weighted by Gasteiger charge is -2.21. The van der Waals surface area contributed by atoms with Crippen LogP contribution >= 0.6 is 11.6 Å². The Bertz CT molecular complexity index is 1840. The number of methoxy groups -OCH3 is 2. The number of thiol groups is 1. The van der Waals surface area contributed by atoms with E-state index in [1.165, 1.54) is 20.3 Å². The molecule has 0 fully saturated rings. The monoisotopic (exact) mass is 618 g/mol. The lowest BCUT2D eigenvalue weighted by Crippen LogP contribution is -2.22. The van der Waals surface area contributed by atoms with E-state index in [4.69, 9.17) is 21.1 Å². The zero-order valence-electron chi connectivity index (χ0n) is 23.1. The number of nitrogens with one attached hydrogen (secondary N) is 3. The number of carbonyl (C=O) groups excluding carboxylic acids is 1. The highest BCUT2D eigenvalue weighted by molar-refractivity contribution is 7.74. The molecule has 0 atom stereocenters. The average Bonchev–Trinajstić information content (AvgIpc) is 3.00. The number of hydrogen-bond acceptors (Lipinski definition) is 9. The van der Waals surface area contributed by atoms with Crippen LogP contribution in [0.3, 0.4) is 0 Å². The minimum absolute atomic E-state index is 0.0294. The second kappa shape index (κ2) is 13.3. The van der Waals surface area contributed by atoms with E-state index in [9.17, 15) is 13.2 Å². The van der Waals surface area contributed by atoms with Crippen molar-refractivity contribution >= 4 is 73.8 Å². The summed E-state index contributed by atoms with van der Waals surface area (Å²) in [5.74, 6) is 0.917. The molecule has 1 heterocycles. The second-order valence-corrected chi connectivity index (χ2v) is 10.4. The molecule has 5 aromatic rings. The number of fused-ring (bicyclic) bond motifs is 1. The molecule has 0 aliphatic carbocycles. The average molecular weight is 619 g/mol. The van der Waals surface area contributed by atoms with Gasteiger partial charge in [0.25, 0.3) is 0 Å². The number of anilines is 6. The molecule has 0 spiro atoms. The van der Waals surface area contributed by atoms with Crippen molar-refractivity contribution in [3.8, 4) is 11.5 Å². The third-order valence-corrected chi connectivity index (χ3v) is 7.16. The predicted molar refractivity (Wildman–Crippen MR) is 170 cm³/mol. The lowest BCUT2D eigenvalue weighted by atomic mass is 10.2. The zero-order chi connectivity index (χ0) is 30.3. The Morgan fingerprint density at radius 2 is 1.49 bits per heavy atom. The molecular formula is C30H27ClN6O5S. The normalized spacial score (nSPS) is 10.8. The summed E-state index contributed by atoms with van der Waals surface area (Å²) in [4.78, 5) is 22.0. The fourth-order valence-electron chi connectivity index (χ4n) is 4.23. The molecule has 11 nitrogen and oxygen atoms in total. The molecule has 0 bridgehead atoms. The van der Waals surface area contributed by atoms with Crippen LogP contribution in [0.4, 0.5) is 34.4 Å². The first-order chi connectivity index (χ1) is 20.8. The minimum atomic E-state index is -3.25. The number of benzene rings is 4. The first kappa shape index (κ1) is 29.4. The van der Waals surface area contributed by atoms with Gasteiger partial charge in [0.2, 0.25) is 16.8 Å². The molecule has 1 amide bonds. The standard InChI is InChI=1S/C30H27ClN6O5S/c1-41-24-15-22(16-25(17-24)42-2)34-29-30(36-27-12-4-3-11-26(27)35-29)37(43(39)40)23-10-6-9-21(14-23)33-28(38)18-32-20-8-5-7-19(31)13-20/h3-17,32,43H,18H2,1-2H3,(H,33,38)(H,34,35). The van der Waals surface area contributed by atoms with Gasteiger partial charge in [-0.15, -0.1) is 0 Å². The Balaban J connectivity index is 1.48. The number of hydrogen-bond donors (Lipinski definition) is 4. The van der Waals surface area contributed by atoms with Crippen LogP contribution in [0.15, 0.2) is 91.0 Å². The fraction of sp³-hybridized carbons (Fsp3) is 0.100. The highest BCUT2D eigenvalue weighted by Crippen LogP contribution is 2.35. The van der Waals surface area contributed by atoms with E-state index in [1.807, 2.05) is 6.07 Å². The van der Waals surface area contributed by atoms with Gasteiger partial charge in [0, 0.05) is 40.3 Å². The molecule has 13 heteroatoms. The second-order valence-electron chi connectivity index (χ2n) is 9.12. The number of carbonyl (C=O) groups is 1. The quantitative estimate of drug-likeness (QED) is 0.136. The van der Waals surface area contributed by atoms with E-state index >= 15 is 0 Å². The molecule has 3 N–H and O–H groups in total. The van der Waals surface area contributed by atoms with Gasteiger partial charge in [-0.2, -0.15) is 0 Å². The molecule has 1 aromatic heterocycles. The van der Waals surface area contributed by atoms with E-state index in [1.54, 1.807) is 78.9 Å². The van der Waals surface area contributed by atoms with Gasteiger partial charge in [0.05, 0.1) is 37.5 Å². The van der Waals surface area contributed by atoms with Gasteiger partial charge in [0.1, 0.15) is 11.5 Å². The summed E-state index contributed by atoms with van der Waals surface area (Å²) in [6.45, 7) is -0.0294. The SMILES string of the molecule is COc1cc(Nc2nc3ccccc3nc2N(c2cccc(NC(=O)CNc3cccc(Cl)c3)c2)[SH](=O)=O)cc(OC)c1. The lowest BCUT2D eigenvalue weighted by molar-refractivity contribution is -0.114. The Morgan fingerprint density at radius 1 is 0.814 bits per heavy atom. The zero-order valence-corrected chi connectivity index (χ0v) is 24.7. The van der Waals surface area contributed by atoms with Crippen molar-refractivity contribution in [3.05, 3.63) is 96.0 Å². The minimum Gasteiger partial charge on any atom is -0.497 e. The van der Waals surface area contributed by atoms with Gasteiger partial charge >= 0.3 is 0 Å². The number of amides is 1. The Morgan fingerprint density at radius 3 is 2.16 bits per heavy atom. The number of ether oxygens (including phenoxy) is 2. The molecular weight excluding hydrogens is 592 g/mol. The van der Waals surface area contributed by atoms with E-state index in [-0.39, 0.29) is 29.8 Å². The van der Waals surface area contributed by atoms with Crippen LogP contribution in [0.5, 0.6) is 11.5 Å². The molecule has 0 aliphatic heterocycles. The molecule has 220 valence electrons. The van der Waals surface area contributed by atoms with Crippen LogP contribution in [-0.2, 0) is 15.7 Å². The first-order valence-corrected chi connectivity index (χ1v) is 14.4. The van der Waals surface area contributed by atoms with Crippen molar-refractivity contribution in [1.82, 2.24) is 9.97 Å². The van der Waals surface area contributed by atoms with Crippen LogP contribution < -0.4 is 29.7 Å². The summed E-state index contributed by atoms with van der Waals surface area (Å²) in [5.41, 5.74) is 2.90. The number of para-hydroxylation sites is 2. The topological polar surface area (TPSA) is 135 Å². The number of halogens is 1. The van der Waals surface area contributed by atoms with Crippen LogP contribution in [0.25, 0.3) is 11.0 Å². The van der Waals surface area contributed by atoms with Gasteiger partial charge in [-0.1, -0.05) is 35.9 Å². The number of aromatic nitrogens is 2. The summed E-state index contributed by atoms with van der Waals surface area (Å²) in [6, 6.07) is 25.7. The van der Waals surface area contributed by atoms with Crippen LogP contribution in [0, 0.1) is 0 Å². The summed E-state index contributed by atoms with van der Waals surface area (Å²) >= 11 is 6.01. The number of rotatable bonds is 11. The van der Waals surface area contributed by atoms with Gasteiger partial charge in [-0.05, 0) is 48.5 Å². The molecule has 0 saturated heterocycles. The largest absolute Gasteiger partial charge is 0.497 e. The third kappa shape index (κ3) is 7.23. The summed E-state index contributed by atoms with van der Waals surface area (Å²) < 4.78 is 37.3. The first-order valence-electron chi connectivity index (χ1n) is 12.9. The Hall–Kier alpha value is -5.07. The smallest absolute Gasteiger partial charge is 0.243 e. The summed E-state index contributed by atoms with van der Waals surface area (Å²) in [6.07, 6.45) is 0. The molecule has 0 saturated carbocycles. The van der Waals surface area contributed by atoms with Gasteiger partial charge in [-0.3, -0.25) is 4.79 Å². The Labute approximate surface area is 254 Å². The van der Waals surface area contributed by atoms with E-state index in [0.717, 1.165) is 4.31 Å². The Kier molecular flexibility index (Phi) is 9.08. The van der Waals surface area contributed by atoms with Crippen molar-refractivity contribution in [1.29, 1.82) is 0 Å². The van der Waals surface area contributed by atoms with Gasteiger partial charge in [0.15, 0.2) is 11.6 Å². The molecule has 4 aromatic carbocycles. The van der Waals surface area contributed by atoms with Crippen LogP contribution in [-0.4, -0.2) is 45.1 Å². The van der Waals surface area contributed by atoms with Crippen LogP contribution in [0.1, 0.15) is 0 Å². The highest BCUT2D eigenvalue weighted by Gasteiger charge is 2.21. The molecule has 43 heavy (non-hydrogen) atoms. The van der Waals surface area contributed by atoms with Gasteiger partial charge < -0.3 is 25.4 Å². The van der Waals surface area contributed by atoms with E-state index in [0.29, 0.717) is 44.6 Å². The van der Waals surface area contributed by atoms with Crippen molar-refractivity contribution in [3.63, 3.8) is 0 Å². The summed E-state index contributed by atoms with van der Waals surface area (Å²) in [7, 11) is -0.189. The van der Waals surface area contributed by atoms with E-state index in [2.05, 4.69) is 25.9 Å². The van der Waals surface area contributed by atoms with Crippen molar-refractivity contribution in [2.24, 2.45) is 0 Å². The van der Waals surface area contributed by atoms with Crippen molar-refractivity contribution in [2.75, 3.05) is 41.0 Å². The van der Waals surface area contributed by atoms with Crippen molar-refractivity contribution in [2.45, 2.75) is 0 Å². The summed E-state index contributed by atoms with van der Waals surface area (Å²) in [5, 5.41) is 9.50. The molecule has 0 unspecified atom stereocenters. The maximum atomic E-state index is 12.8. The maximum absolute atomic E-state index is 12.8. The molecule has 0 aliphatic rings.